The van der Waals surface area contributed by atoms with E-state index >= 15 is 0 Å². The van der Waals surface area contributed by atoms with Gasteiger partial charge in [-0.2, -0.15) is 0 Å². The zero-order valence-electron chi connectivity index (χ0n) is 14.9. The van der Waals surface area contributed by atoms with Crippen molar-refractivity contribution in [1.82, 2.24) is 4.90 Å². The fraction of sp³-hybridized carbons (Fsp3) is 0.905. The van der Waals surface area contributed by atoms with E-state index in [0.29, 0.717) is 11.8 Å². The predicted molar refractivity (Wildman–Crippen MR) is 91.4 cm³/mol. The zero-order chi connectivity index (χ0) is 16.6. The summed E-state index contributed by atoms with van der Waals surface area (Å²) in [6.07, 6.45) is 8.80. The van der Waals surface area contributed by atoms with Gasteiger partial charge in [-0.25, -0.2) is 4.90 Å². The number of hydrogen-bond acceptors (Lipinski definition) is 4. The van der Waals surface area contributed by atoms with Crippen LogP contribution in [-0.2, 0) is 9.47 Å². The number of ether oxygens (including phenoxy) is 2. The molecule has 4 heterocycles. The average Bonchev–Trinajstić information content (AvgIpc) is 3.09. The van der Waals surface area contributed by atoms with Gasteiger partial charge in [-0.05, 0) is 50.4 Å². The lowest BCUT2D eigenvalue weighted by Crippen LogP contribution is -2.83. The van der Waals surface area contributed by atoms with Gasteiger partial charge in [0.15, 0.2) is 0 Å². The molecule has 4 nitrogen and oxygen atoms in total. The molecule has 9 aliphatic rings. The summed E-state index contributed by atoms with van der Waals surface area (Å²) in [5, 5.41) is 11.5. The minimum absolute atomic E-state index is 0.0227. The van der Waals surface area contributed by atoms with Crippen LogP contribution in [0.1, 0.15) is 44.9 Å². The minimum atomic E-state index is -0.299. The molecule has 5 saturated carbocycles. The van der Waals surface area contributed by atoms with Gasteiger partial charge in [0.2, 0.25) is 0 Å². The molecule has 4 saturated heterocycles. The highest BCUT2D eigenvalue weighted by molar-refractivity contribution is 5.30. The first-order valence-electron chi connectivity index (χ1n) is 10.6. The Bertz CT molecular complexity index is 666. The van der Waals surface area contributed by atoms with E-state index in [1.54, 1.807) is 0 Å². The summed E-state index contributed by atoms with van der Waals surface area (Å²) >= 11 is 0. The van der Waals surface area contributed by atoms with Crippen LogP contribution in [0, 0.1) is 34.5 Å². The maximum atomic E-state index is 11.5. The standard InChI is InChI=1S/C21H29NO3/c1-11-10-20-6-4-12(11)9-14(20)21-5-2-3-13-15(21)16(23)17(20)25-19(21)22-7-8-24-18(13)22/h12-19,23H,1-10H2/t12-,13+,14+,15-,16-,17+,18+,19+,20+,21+/m0/s1. The molecule has 4 heteroatoms. The number of allylic oxidation sites excluding steroid dienone is 1. The van der Waals surface area contributed by atoms with Crippen molar-refractivity contribution >= 4 is 0 Å². The van der Waals surface area contributed by atoms with E-state index in [1.165, 1.54) is 44.1 Å². The molecule has 0 aromatic rings. The second kappa shape index (κ2) is 4.35. The van der Waals surface area contributed by atoms with Crippen LogP contribution in [0.2, 0.25) is 0 Å². The Morgan fingerprint density at radius 3 is 3.04 bits per heavy atom. The van der Waals surface area contributed by atoms with E-state index in [1.807, 2.05) is 0 Å². The van der Waals surface area contributed by atoms with Crippen LogP contribution in [0.4, 0.5) is 0 Å². The number of aliphatic hydroxyl groups excluding tert-OH is 1. The van der Waals surface area contributed by atoms with Gasteiger partial charge in [0.1, 0.15) is 12.5 Å². The SMILES string of the molecule is C=C1C[C@]23CC[C@H]1C[C@H]2[C@]12CCC[C@@H]4[C@H]1[C@H](O)[C@H]3O[C@H]2N1CCO[C@H]41. The first kappa shape index (κ1) is 14.6. The third-order valence-corrected chi connectivity index (χ3v) is 9.80. The summed E-state index contributed by atoms with van der Waals surface area (Å²) in [6.45, 7) is 6.27. The average molecular weight is 343 g/mol. The Kier molecular flexibility index (Phi) is 2.54. The first-order valence-corrected chi connectivity index (χ1v) is 10.6. The molecule has 0 amide bonds. The van der Waals surface area contributed by atoms with Crippen molar-refractivity contribution in [1.29, 1.82) is 0 Å². The van der Waals surface area contributed by atoms with E-state index in [-0.39, 0.29) is 35.5 Å². The molecule has 0 aromatic carbocycles. The van der Waals surface area contributed by atoms with E-state index < -0.39 is 0 Å². The van der Waals surface area contributed by atoms with Crippen molar-refractivity contribution < 1.29 is 14.6 Å². The Balaban J connectivity index is 1.45. The number of piperidine rings is 1. The van der Waals surface area contributed by atoms with E-state index in [4.69, 9.17) is 9.47 Å². The highest BCUT2D eigenvalue weighted by Crippen LogP contribution is 2.77. The molecule has 9 rings (SSSR count). The fourth-order valence-corrected chi connectivity index (χ4v) is 9.27. The third kappa shape index (κ3) is 1.37. The molecule has 25 heavy (non-hydrogen) atoms. The third-order valence-electron chi connectivity index (χ3n) is 9.80. The van der Waals surface area contributed by atoms with Crippen molar-refractivity contribution in [3.05, 3.63) is 12.2 Å². The van der Waals surface area contributed by atoms with Crippen LogP contribution in [-0.4, -0.2) is 47.8 Å². The van der Waals surface area contributed by atoms with Gasteiger partial charge < -0.3 is 14.6 Å². The maximum Gasteiger partial charge on any atom is 0.119 e. The monoisotopic (exact) mass is 343 g/mol. The Labute approximate surface area is 149 Å². The molecule has 0 aromatic heterocycles. The van der Waals surface area contributed by atoms with Gasteiger partial charge in [0, 0.05) is 29.2 Å². The number of nitrogens with zero attached hydrogens (tertiary/aromatic N) is 1. The minimum Gasteiger partial charge on any atom is -0.390 e. The van der Waals surface area contributed by atoms with Gasteiger partial charge in [-0.3, -0.25) is 0 Å². The van der Waals surface area contributed by atoms with Crippen molar-refractivity contribution in [2.24, 2.45) is 34.5 Å². The van der Waals surface area contributed by atoms with Crippen LogP contribution in [0.25, 0.3) is 0 Å². The maximum absolute atomic E-state index is 11.5. The number of rotatable bonds is 0. The topological polar surface area (TPSA) is 41.9 Å². The second-order valence-corrected chi connectivity index (χ2v) is 10.2. The van der Waals surface area contributed by atoms with Gasteiger partial charge in [0.05, 0.1) is 18.8 Å². The molecule has 7 bridgehead atoms. The molecule has 9 fully saturated rings. The van der Waals surface area contributed by atoms with Crippen LogP contribution in [0.3, 0.4) is 0 Å². The summed E-state index contributed by atoms with van der Waals surface area (Å²) in [4.78, 5) is 2.56. The van der Waals surface area contributed by atoms with Crippen molar-refractivity contribution in [2.75, 3.05) is 13.2 Å². The summed E-state index contributed by atoms with van der Waals surface area (Å²) in [6, 6.07) is 0. The first-order chi connectivity index (χ1) is 12.2. The molecule has 10 atom stereocenters. The van der Waals surface area contributed by atoms with Crippen LogP contribution < -0.4 is 0 Å². The van der Waals surface area contributed by atoms with E-state index in [0.717, 1.165) is 31.4 Å². The molecule has 5 aliphatic carbocycles. The molecule has 2 spiro atoms. The molecule has 0 unspecified atom stereocenters. The van der Waals surface area contributed by atoms with Crippen LogP contribution in [0.15, 0.2) is 12.2 Å². The fourth-order valence-electron chi connectivity index (χ4n) is 9.27. The quantitative estimate of drug-likeness (QED) is 0.686. The Morgan fingerprint density at radius 1 is 1.24 bits per heavy atom. The van der Waals surface area contributed by atoms with Gasteiger partial charge in [-0.15, -0.1) is 0 Å². The van der Waals surface area contributed by atoms with E-state index in [2.05, 4.69) is 11.5 Å². The lowest BCUT2D eigenvalue weighted by molar-refractivity contribution is -0.423. The van der Waals surface area contributed by atoms with Crippen molar-refractivity contribution in [3.8, 4) is 0 Å². The predicted octanol–water partition coefficient (Wildman–Crippen LogP) is 2.52. The molecule has 136 valence electrons. The molecule has 0 radical (unpaired) electrons. The van der Waals surface area contributed by atoms with Gasteiger partial charge in [-0.1, -0.05) is 18.6 Å². The van der Waals surface area contributed by atoms with Gasteiger partial charge in [0.25, 0.3) is 0 Å². The lowest BCUT2D eigenvalue weighted by Gasteiger charge is -2.78. The summed E-state index contributed by atoms with van der Waals surface area (Å²) in [5.74, 6) is 2.36. The largest absolute Gasteiger partial charge is 0.390 e. The summed E-state index contributed by atoms with van der Waals surface area (Å²) in [7, 11) is 0. The van der Waals surface area contributed by atoms with Crippen molar-refractivity contribution in [2.45, 2.75) is 69.6 Å². The Morgan fingerprint density at radius 2 is 2.16 bits per heavy atom. The second-order valence-electron chi connectivity index (χ2n) is 10.2. The summed E-state index contributed by atoms with van der Waals surface area (Å²) < 4.78 is 13.0. The lowest BCUT2D eigenvalue weighted by atomic mass is 9.34. The zero-order valence-corrected chi connectivity index (χ0v) is 14.9. The van der Waals surface area contributed by atoms with Crippen LogP contribution in [0.5, 0.6) is 0 Å². The Hall–Kier alpha value is -0.420. The highest BCUT2D eigenvalue weighted by Gasteiger charge is 2.79. The number of aliphatic hydroxyl groups is 1. The smallest absolute Gasteiger partial charge is 0.119 e. The number of hydrogen-bond donors (Lipinski definition) is 1. The summed E-state index contributed by atoms with van der Waals surface area (Å²) in [5.41, 5.74) is 1.79. The molecule has 4 aliphatic heterocycles. The molecular weight excluding hydrogens is 314 g/mol. The van der Waals surface area contributed by atoms with E-state index in [9.17, 15) is 5.11 Å². The van der Waals surface area contributed by atoms with Gasteiger partial charge >= 0.3 is 0 Å². The normalized spacial score (nSPS) is 64.3. The molecular formula is C21H29NO3. The van der Waals surface area contributed by atoms with Crippen LogP contribution >= 0.6 is 0 Å². The highest BCUT2D eigenvalue weighted by atomic mass is 16.6. The van der Waals surface area contributed by atoms with Crippen molar-refractivity contribution in [3.63, 3.8) is 0 Å². The number of fused-ring (bicyclic) bond motifs is 4. The molecule has 1 N–H and O–H groups in total.